The minimum absolute atomic E-state index is 0.00576. The Labute approximate surface area is 192 Å². The van der Waals surface area contributed by atoms with Crippen LogP contribution < -0.4 is 5.32 Å². The molecular weight excluding hydrogens is 461 g/mol. The molecule has 5 nitrogen and oxygen atoms in total. The molecule has 0 atom stereocenters. The first-order valence-electron chi connectivity index (χ1n) is 9.47. The number of thiophene rings is 1. The molecule has 1 saturated heterocycles. The second-order valence-corrected chi connectivity index (χ2v) is 9.99. The van der Waals surface area contributed by atoms with Gasteiger partial charge in [-0.25, -0.2) is 4.98 Å². The van der Waals surface area contributed by atoms with Crippen molar-refractivity contribution >= 4 is 62.8 Å². The monoisotopic (exact) mass is 479 g/mol. The number of hydrogen-bond acceptors (Lipinski definition) is 5. The molecule has 0 saturated carbocycles. The van der Waals surface area contributed by atoms with Crippen molar-refractivity contribution in [2.45, 2.75) is 19.8 Å². The van der Waals surface area contributed by atoms with Gasteiger partial charge in [-0.15, -0.1) is 22.7 Å². The van der Waals surface area contributed by atoms with E-state index in [1.165, 1.54) is 22.7 Å². The number of likely N-dealkylation sites (tertiary alicyclic amines) is 1. The Morgan fingerprint density at radius 2 is 1.83 bits per heavy atom. The zero-order valence-corrected chi connectivity index (χ0v) is 19.3. The molecular formula is C21H19Cl2N3O2S2. The number of benzene rings is 1. The van der Waals surface area contributed by atoms with Crippen LogP contribution in [0.3, 0.4) is 0 Å². The van der Waals surface area contributed by atoms with Crippen LogP contribution in [0.15, 0.2) is 35.7 Å². The van der Waals surface area contributed by atoms with Gasteiger partial charge in [-0.05, 0) is 55.7 Å². The number of nitrogens with zero attached hydrogens (tertiary/aromatic N) is 2. The lowest BCUT2D eigenvalue weighted by Crippen LogP contribution is -2.41. The molecule has 30 heavy (non-hydrogen) atoms. The van der Waals surface area contributed by atoms with Gasteiger partial charge in [0.25, 0.3) is 5.91 Å². The average Bonchev–Trinajstić information content (AvgIpc) is 3.36. The van der Waals surface area contributed by atoms with Crippen molar-refractivity contribution in [3.8, 4) is 10.4 Å². The highest BCUT2D eigenvalue weighted by atomic mass is 35.5. The van der Waals surface area contributed by atoms with E-state index in [1.54, 1.807) is 6.07 Å². The normalized spacial score (nSPS) is 14.7. The van der Waals surface area contributed by atoms with Crippen molar-refractivity contribution in [2.24, 2.45) is 5.92 Å². The van der Waals surface area contributed by atoms with Crippen molar-refractivity contribution in [3.63, 3.8) is 0 Å². The van der Waals surface area contributed by atoms with E-state index in [2.05, 4.69) is 10.3 Å². The summed E-state index contributed by atoms with van der Waals surface area (Å²) in [5.41, 5.74) is 1.79. The Kier molecular flexibility index (Phi) is 6.43. The van der Waals surface area contributed by atoms with E-state index in [1.807, 2.05) is 41.5 Å². The third-order valence-corrected chi connectivity index (χ3v) is 7.40. The van der Waals surface area contributed by atoms with Crippen molar-refractivity contribution < 1.29 is 9.59 Å². The maximum absolute atomic E-state index is 12.9. The third-order valence-electron chi connectivity index (χ3n) is 4.97. The summed E-state index contributed by atoms with van der Waals surface area (Å²) in [5.74, 6) is -0.132. The van der Waals surface area contributed by atoms with E-state index in [-0.39, 0.29) is 17.7 Å². The van der Waals surface area contributed by atoms with Gasteiger partial charge in [-0.1, -0.05) is 23.2 Å². The van der Waals surface area contributed by atoms with Crippen LogP contribution in [0.5, 0.6) is 0 Å². The highest BCUT2D eigenvalue weighted by Crippen LogP contribution is 2.33. The molecule has 0 unspecified atom stereocenters. The van der Waals surface area contributed by atoms with E-state index >= 15 is 0 Å². The lowest BCUT2D eigenvalue weighted by Gasteiger charge is -2.30. The van der Waals surface area contributed by atoms with Gasteiger partial charge in [0.15, 0.2) is 5.13 Å². The van der Waals surface area contributed by atoms with Gasteiger partial charge in [0.1, 0.15) is 0 Å². The Hall–Kier alpha value is -1.93. The van der Waals surface area contributed by atoms with E-state index in [0.717, 1.165) is 16.1 Å². The maximum Gasteiger partial charge on any atom is 0.263 e. The minimum Gasteiger partial charge on any atom is -0.338 e. The van der Waals surface area contributed by atoms with Crippen molar-refractivity contribution in [1.82, 2.24) is 9.88 Å². The molecule has 3 heterocycles. The van der Waals surface area contributed by atoms with Gasteiger partial charge in [-0.3, -0.25) is 9.59 Å². The number of halogens is 2. The molecule has 2 aromatic heterocycles. The van der Waals surface area contributed by atoms with Crippen LogP contribution in [0.25, 0.3) is 10.4 Å². The maximum atomic E-state index is 12.9. The summed E-state index contributed by atoms with van der Waals surface area (Å²) in [7, 11) is 0. The van der Waals surface area contributed by atoms with Crippen LogP contribution in [0.4, 0.5) is 5.13 Å². The van der Waals surface area contributed by atoms with Gasteiger partial charge < -0.3 is 10.2 Å². The summed E-state index contributed by atoms with van der Waals surface area (Å²) in [6, 6.07) is 9.10. The third kappa shape index (κ3) is 4.86. The van der Waals surface area contributed by atoms with Gasteiger partial charge in [0.2, 0.25) is 5.91 Å². The van der Waals surface area contributed by atoms with Crippen LogP contribution >= 0.6 is 45.9 Å². The molecule has 2 amide bonds. The van der Waals surface area contributed by atoms with Gasteiger partial charge in [-0.2, -0.15) is 0 Å². The number of amides is 2. The number of hydrogen-bond donors (Lipinski definition) is 1. The summed E-state index contributed by atoms with van der Waals surface area (Å²) in [4.78, 5) is 33.1. The predicted octanol–water partition coefficient (Wildman–Crippen LogP) is 5.98. The topological polar surface area (TPSA) is 62.3 Å². The fraction of sp³-hybridized carbons (Fsp3) is 0.286. The number of rotatable bonds is 4. The summed E-state index contributed by atoms with van der Waals surface area (Å²) in [6.07, 6.45) is 1.29. The minimum atomic E-state index is -0.106. The molecule has 0 bridgehead atoms. The molecule has 1 aromatic carbocycles. The number of thiazole rings is 1. The highest BCUT2D eigenvalue weighted by Gasteiger charge is 2.29. The number of nitrogens with one attached hydrogen (secondary N) is 1. The predicted molar refractivity (Wildman–Crippen MR) is 124 cm³/mol. The first-order valence-corrected chi connectivity index (χ1v) is 11.9. The van der Waals surface area contributed by atoms with Crippen LogP contribution in [0.1, 0.15) is 28.2 Å². The average molecular weight is 480 g/mol. The summed E-state index contributed by atoms with van der Waals surface area (Å²) in [5, 5.41) is 6.54. The smallest absolute Gasteiger partial charge is 0.263 e. The van der Waals surface area contributed by atoms with Crippen LogP contribution in [-0.4, -0.2) is 34.8 Å². The highest BCUT2D eigenvalue weighted by molar-refractivity contribution is 7.17. The number of anilines is 1. The summed E-state index contributed by atoms with van der Waals surface area (Å²) in [6.45, 7) is 3.02. The molecule has 1 fully saturated rings. The first-order chi connectivity index (χ1) is 14.4. The van der Waals surface area contributed by atoms with Crippen molar-refractivity contribution in [2.75, 3.05) is 18.4 Å². The first kappa shape index (κ1) is 21.3. The van der Waals surface area contributed by atoms with E-state index in [0.29, 0.717) is 46.0 Å². The number of aromatic nitrogens is 1. The van der Waals surface area contributed by atoms with Gasteiger partial charge >= 0.3 is 0 Å². The number of piperidine rings is 1. The molecule has 1 aliphatic heterocycles. The Balaban J connectivity index is 1.36. The second-order valence-electron chi connectivity index (χ2n) is 7.17. The lowest BCUT2D eigenvalue weighted by atomic mass is 9.96. The molecule has 3 aromatic rings. The molecule has 0 radical (unpaired) electrons. The molecule has 9 heteroatoms. The quantitative estimate of drug-likeness (QED) is 0.500. The zero-order chi connectivity index (χ0) is 21.3. The fourth-order valence-electron chi connectivity index (χ4n) is 3.42. The molecule has 0 aliphatic carbocycles. The van der Waals surface area contributed by atoms with Crippen LogP contribution in [-0.2, 0) is 4.79 Å². The van der Waals surface area contributed by atoms with Crippen LogP contribution in [0, 0.1) is 12.8 Å². The molecule has 0 spiro atoms. The van der Waals surface area contributed by atoms with Crippen molar-refractivity contribution in [1.29, 1.82) is 0 Å². The standard InChI is InChI=1S/C21H19Cl2N3O2S2/c1-12-11-29-21(24-12)25-19(27)13-4-6-26(7-5-13)20(28)18-3-2-17(30-18)14-8-15(22)10-16(23)9-14/h2-3,8-11,13H,4-7H2,1H3,(H,24,25,27). The Bertz CT molecular complexity index is 1070. The SMILES string of the molecule is Cc1csc(NC(=O)C2CCN(C(=O)c3ccc(-c4cc(Cl)cc(Cl)c4)s3)CC2)n1. The van der Waals surface area contributed by atoms with E-state index in [4.69, 9.17) is 23.2 Å². The van der Waals surface area contributed by atoms with Gasteiger partial charge in [0, 0.05) is 39.3 Å². The lowest BCUT2D eigenvalue weighted by molar-refractivity contribution is -0.121. The van der Waals surface area contributed by atoms with Crippen molar-refractivity contribution in [3.05, 3.63) is 56.3 Å². The zero-order valence-electron chi connectivity index (χ0n) is 16.2. The Morgan fingerprint density at radius 1 is 1.13 bits per heavy atom. The van der Waals surface area contributed by atoms with E-state index in [9.17, 15) is 9.59 Å². The fourth-order valence-corrected chi connectivity index (χ4v) is 5.60. The number of carbonyl (C=O) groups is 2. The van der Waals surface area contributed by atoms with Gasteiger partial charge in [0.05, 0.1) is 10.6 Å². The molecule has 4 rings (SSSR count). The number of aryl methyl sites for hydroxylation is 1. The molecule has 1 aliphatic rings. The van der Waals surface area contributed by atoms with Crippen LogP contribution in [0.2, 0.25) is 10.0 Å². The van der Waals surface area contributed by atoms with E-state index < -0.39 is 0 Å². The Morgan fingerprint density at radius 3 is 2.47 bits per heavy atom. The summed E-state index contributed by atoms with van der Waals surface area (Å²) >= 11 is 15.0. The molecule has 156 valence electrons. The summed E-state index contributed by atoms with van der Waals surface area (Å²) < 4.78 is 0. The number of carbonyl (C=O) groups excluding carboxylic acids is 2. The molecule has 1 N–H and O–H groups in total. The second kappa shape index (κ2) is 9.06. The largest absolute Gasteiger partial charge is 0.338 e.